The van der Waals surface area contributed by atoms with Crippen LogP contribution in [0.25, 0.3) is 0 Å². The molecule has 3 nitrogen and oxygen atoms in total. The fraction of sp³-hybridized carbons (Fsp3) is 0.647. The van der Waals surface area contributed by atoms with E-state index in [4.69, 9.17) is 4.74 Å². The van der Waals surface area contributed by atoms with Crippen LogP contribution >= 0.6 is 0 Å². The predicted molar refractivity (Wildman–Crippen MR) is 83.9 cm³/mol. The Morgan fingerprint density at radius 3 is 2.80 bits per heavy atom. The van der Waals surface area contributed by atoms with Crippen molar-refractivity contribution in [2.45, 2.75) is 25.8 Å². The van der Waals surface area contributed by atoms with E-state index in [-0.39, 0.29) is 0 Å². The number of nitrogens with zero attached hydrogens (tertiary/aromatic N) is 1. The Kier molecular flexibility index (Phi) is 6.51. The summed E-state index contributed by atoms with van der Waals surface area (Å²) in [6, 6.07) is 11.2. The molecule has 0 aliphatic carbocycles. The molecule has 0 saturated carbocycles. The first-order valence-electron chi connectivity index (χ1n) is 7.84. The summed E-state index contributed by atoms with van der Waals surface area (Å²) in [5.74, 6) is 0.701. The molecule has 1 aliphatic heterocycles. The van der Waals surface area contributed by atoms with Crippen molar-refractivity contribution in [3.05, 3.63) is 35.9 Å². The zero-order valence-electron chi connectivity index (χ0n) is 12.8. The smallest absolute Gasteiger partial charge is 0.0506 e. The lowest BCUT2D eigenvalue weighted by molar-refractivity contribution is 0.0409. The van der Waals surface area contributed by atoms with Crippen LogP contribution in [0, 0.1) is 5.92 Å². The monoisotopic (exact) mass is 276 g/mol. The van der Waals surface area contributed by atoms with Gasteiger partial charge in [-0.1, -0.05) is 37.3 Å². The highest BCUT2D eigenvalue weighted by Gasteiger charge is 2.18. The molecule has 1 aromatic carbocycles. The van der Waals surface area contributed by atoms with Crippen molar-refractivity contribution in [3.63, 3.8) is 0 Å². The van der Waals surface area contributed by atoms with Crippen molar-refractivity contribution >= 4 is 0 Å². The van der Waals surface area contributed by atoms with E-state index in [0.717, 1.165) is 32.8 Å². The second-order valence-corrected chi connectivity index (χ2v) is 5.83. The Morgan fingerprint density at radius 2 is 2.15 bits per heavy atom. The van der Waals surface area contributed by atoms with Crippen LogP contribution in [0.3, 0.4) is 0 Å². The SMILES string of the molecule is CCNC(CN(C)CC1CCCOC1)c1ccccc1. The van der Waals surface area contributed by atoms with Crippen molar-refractivity contribution in [1.29, 1.82) is 0 Å². The summed E-state index contributed by atoms with van der Waals surface area (Å²) in [4.78, 5) is 2.44. The van der Waals surface area contributed by atoms with Gasteiger partial charge in [-0.2, -0.15) is 0 Å². The maximum atomic E-state index is 5.58. The van der Waals surface area contributed by atoms with E-state index >= 15 is 0 Å². The van der Waals surface area contributed by atoms with Gasteiger partial charge in [0.25, 0.3) is 0 Å². The van der Waals surface area contributed by atoms with E-state index in [1.807, 2.05) is 0 Å². The molecule has 1 saturated heterocycles. The van der Waals surface area contributed by atoms with Gasteiger partial charge in [0.05, 0.1) is 6.61 Å². The molecule has 1 aliphatic rings. The normalized spacial score (nSPS) is 21.1. The summed E-state index contributed by atoms with van der Waals surface area (Å²) < 4.78 is 5.58. The van der Waals surface area contributed by atoms with Gasteiger partial charge in [0.1, 0.15) is 0 Å². The third-order valence-corrected chi connectivity index (χ3v) is 3.97. The van der Waals surface area contributed by atoms with Crippen LogP contribution in [-0.4, -0.2) is 44.8 Å². The highest BCUT2D eigenvalue weighted by Crippen LogP contribution is 2.17. The fourth-order valence-corrected chi connectivity index (χ4v) is 3.00. The second-order valence-electron chi connectivity index (χ2n) is 5.83. The number of ether oxygens (including phenoxy) is 1. The van der Waals surface area contributed by atoms with Crippen LogP contribution in [0.1, 0.15) is 31.4 Å². The van der Waals surface area contributed by atoms with Crippen LogP contribution in [0.15, 0.2) is 30.3 Å². The first-order chi connectivity index (χ1) is 9.79. The molecule has 1 aromatic rings. The molecule has 0 aromatic heterocycles. The van der Waals surface area contributed by atoms with Crippen LogP contribution in [-0.2, 0) is 4.74 Å². The van der Waals surface area contributed by atoms with Gasteiger partial charge in [-0.05, 0) is 37.9 Å². The number of nitrogens with one attached hydrogen (secondary N) is 1. The van der Waals surface area contributed by atoms with Gasteiger partial charge < -0.3 is 15.0 Å². The minimum Gasteiger partial charge on any atom is -0.381 e. The topological polar surface area (TPSA) is 24.5 Å². The minimum absolute atomic E-state index is 0.413. The lowest BCUT2D eigenvalue weighted by atomic mass is 10.0. The molecular weight excluding hydrogens is 248 g/mol. The van der Waals surface area contributed by atoms with E-state index in [1.54, 1.807) is 0 Å². The molecular formula is C17H28N2O. The quantitative estimate of drug-likeness (QED) is 0.828. The molecule has 2 atom stereocenters. The summed E-state index contributed by atoms with van der Waals surface area (Å²) in [7, 11) is 2.22. The van der Waals surface area contributed by atoms with Gasteiger partial charge >= 0.3 is 0 Å². The highest BCUT2D eigenvalue weighted by atomic mass is 16.5. The molecule has 20 heavy (non-hydrogen) atoms. The number of likely N-dealkylation sites (N-methyl/N-ethyl adjacent to an activating group) is 2. The summed E-state index contributed by atoms with van der Waals surface area (Å²) >= 11 is 0. The average Bonchev–Trinajstić information content (AvgIpc) is 2.49. The third-order valence-electron chi connectivity index (χ3n) is 3.97. The van der Waals surface area contributed by atoms with E-state index in [1.165, 1.54) is 18.4 Å². The Bertz CT molecular complexity index is 363. The molecule has 0 spiro atoms. The molecule has 3 heteroatoms. The van der Waals surface area contributed by atoms with Gasteiger partial charge in [0.2, 0.25) is 0 Å². The molecule has 0 bridgehead atoms. The van der Waals surface area contributed by atoms with Gasteiger partial charge in [0, 0.05) is 25.7 Å². The van der Waals surface area contributed by atoms with Gasteiger partial charge in [-0.3, -0.25) is 0 Å². The molecule has 1 fully saturated rings. The molecule has 1 heterocycles. The standard InChI is InChI=1S/C17H28N2O/c1-3-18-17(16-9-5-4-6-10-16)13-19(2)12-15-8-7-11-20-14-15/h4-6,9-10,15,17-18H,3,7-8,11-14H2,1-2H3. The van der Waals surface area contributed by atoms with Gasteiger partial charge in [-0.25, -0.2) is 0 Å². The van der Waals surface area contributed by atoms with E-state index in [0.29, 0.717) is 12.0 Å². The average molecular weight is 276 g/mol. The number of hydrogen-bond acceptors (Lipinski definition) is 3. The molecule has 2 unspecified atom stereocenters. The van der Waals surface area contributed by atoms with Gasteiger partial charge in [-0.15, -0.1) is 0 Å². The van der Waals surface area contributed by atoms with Crippen molar-refractivity contribution in [1.82, 2.24) is 10.2 Å². The lowest BCUT2D eigenvalue weighted by Crippen LogP contribution is -2.37. The van der Waals surface area contributed by atoms with Crippen LogP contribution < -0.4 is 5.32 Å². The van der Waals surface area contributed by atoms with Crippen LogP contribution in [0.4, 0.5) is 0 Å². The summed E-state index contributed by atoms with van der Waals surface area (Å²) in [6.07, 6.45) is 2.52. The number of rotatable bonds is 7. The molecule has 1 N–H and O–H groups in total. The van der Waals surface area contributed by atoms with E-state index in [2.05, 4.69) is 54.5 Å². The molecule has 2 rings (SSSR count). The zero-order valence-corrected chi connectivity index (χ0v) is 12.8. The maximum Gasteiger partial charge on any atom is 0.0506 e. The summed E-state index contributed by atoms with van der Waals surface area (Å²) in [5, 5.41) is 3.59. The lowest BCUT2D eigenvalue weighted by Gasteiger charge is -2.30. The van der Waals surface area contributed by atoms with Crippen molar-refractivity contribution in [2.24, 2.45) is 5.92 Å². The summed E-state index contributed by atoms with van der Waals surface area (Å²) in [5.41, 5.74) is 1.38. The van der Waals surface area contributed by atoms with E-state index < -0.39 is 0 Å². The first kappa shape index (κ1) is 15.5. The van der Waals surface area contributed by atoms with Crippen molar-refractivity contribution in [3.8, 4) is 0 Å². The fourth-order valence-electron chi connectivity index (χ4n) is 3.00. The van der Waals surface area contributed by atoms with Crippen LogP contribution in [0.2, 0.25) is 0 Å². The van der Waals surface area contributed by atoms with Gasteiger partial charge in [0.15, 0.2) is 0 Å². The minimum atomic E-state index is 0.413. The van der Waals surface area contributed by atoms with E-state index in [9.17, 15) is 0 Å². The first-order valence-corrected chi connectivity index (χ1v) is 7.84. The summed E-state index contributed by atoms with van der Waals surface area (Å²) in [6.45, 7) is 7.24. The molecule has 112 valence electrons. The Balaban J connectivity index is 1.87. The largest absolute Gasteiger partial charge is 0.381 e. The van der Waals surface area contributed by atoms with Crippen molar-refractivity contribution < 1.29 is 4.74 Å². The second kappa shape index (κ2) is 8.40. The van der Waals surface area contributed by atoms with Crippen LogP contribution in [0.5, 0.6) is 0 Å². The predicted octanol–water partition coefficient (Wildman–Crippen LogP) is 2.70. The Labute approximate surface area is 123 Å². The highest BCUT2D eigenvalue weighted by molar-refractivity contribution is 5.19. The molecule has 0 amide bonds. The zero-order chi connectivity index (χ0) is 14.2. The van der Waals surface area contributed by atoms with Crippen molar-refractivity contribution in [2.75, 3.05) is 39.9 Å². The Hall–Kier alpha value is -0.900. The third kappa shape index (κ3) is 4.89. The maximum absolute atomic E-state index is 5.58. The number of benzene rings is 1. The molecule has 0 radical (unpaired) electrons. The Morgan fingerprint density at radius 1 is 1.35 bits per heavy atom. The number of hydrogen-bond donors (Lipinski definition) is 1.